The highest BCUT2D eigenvalue weighted by molar-refractivity contribution is 7.98. The van der Waals surface area contributed by atoms with Crippen LogP contribution in [0.3, 0.4) is 0 Å². The highest BCUT2D eigenvalue weighted by atomic mass is 32.2. The van der Waals surface area contributed by atoms with Crippen molar-refractivity contribution < 1.29 is 4.79 Å². The summed E-state index contributed by atoms with van der Waals surface area (Å²) in [6.07, 6.45) is 7.84. The summed E-state index contributed by atoms with van der Waals surface area (Å²) in [5.74, 6) is 2.13. The van der Waals surface area contributed by atoms with Crippen LogP contribution in [0.25, 0.3) is 0 Å². The third-order valence-corrected chi connectivity index (χ3v) is 4.40. The molecule has 2 rings (SSSR count). The first-order valence-electron chi connectivity index (χ1n) is 6.08. The fourth-order valence-corrected chi connectivity index (χ4v) is 3.46. The van der Waals surface area contributed by atoms with Gasteiger partial charge in [0.2, 0.25) is 0 Å². The molecule has 0 aromatic heterocycles. The van der Waals surface area contributed by atoms with Crippen LogP contribution in [0.2, 0.25) is 0 Å². The van der Waals surface area contributed by atoms with Gasteiger partial charge in [-0.15, -0.1) is 0 Å². The number of hydrogen-bond acceptors (Lipinski definition) is 3. The molecule has 0 aromatic carbocycles. The number of carbonyl (C=O) groups is 1. The molecule has 1 saturated carbocycles. The lowest BCUT2D eigenvalue weighted by Gasteiger charge is -2.28. The first kappa shape index (κ1) is 11.5. The van der Waals surface area contributed by atoms with E-state index in [0.717, 1.165) is 19.3 Å². The fraction of sp³-hybridized carbons (Fsp3) is 0.917. The van der Waals surface area contributed by atoms with Crippen LogP contribution in [-0.2, 0) is 4.79 Å². The van der Waals surface area contributed by atoms with Gasteiger partial charge in [0.1, 0.15) is 5.78 Å². The molecule has 0 N–H and O–H groups in total. The first-order valence-corrected chi connectivity index (χ1v) is 7.48. The number of ketones is 1. The van der Waals surface area contributed by atoms with Gasteiger partial charge in [0.05, 0.1) is 0 Å². The molecule has 0 spiro atoms. The van der Waals surface area contributed by atoms with Gasteiger partial charge in [-0.2, -0.15) is 11.8 Å². The van der Waals surface area contributed by atoms with Crippen molar-refractivity contribution in [2.24, 2.45) is 5.92 Å². The number of rotatable bonds is 4. The Hall–Kier alpha value is -0.0200. The highest BCUT2D eigenvalue weighted by Gasteiger charge is 2.37. The second-order valence-electron chi connectivity index (χ2n) is 4.70. The van der Waals surface area contributed by atoms with Crippen LogP contribution in [0, 0.1) is 5.92 Å². The van der Waals surface area contributed by atoms with Crippen molar-refractivity contribution in [3.63, 3.8) is 0 Å². The monoisotopic (exact) mass is 227 g/mol. The molecule has 0 aromatic rings. The third kappa shape index (κ3) is 2.56. The minimum atomic E-state index is 0.384. The lowest BCUT2D eigenvalue weighted by Crippen LogP contribution is -2.38. The van der Waals surface area contributed by atoms with Crippen LogP contribution in [0.4, 0.5) is 0 Å². The van der Waals surface area contributed by atoms with Crippen molar-refractivity contribution in [2.75, 3.05) is 25.1 Å². The van der Waals surface area contributed by atoms with E-state index in [1.165, 1.54) is 31.7 Å². The maximum Gasteiger partial charge on any atom is 0.137 e. The van der Waals surface area contributed by atoms with Gasteiger partial charge < -0.3 is 0 Å². The van der Waals surface area contributed by atoms with Crippen LogP contribution in [0.15, 0.2) is 0 Å². The molecule has 15 heavy (non-hydrogen) atoms. The van der Waals surface area contributed by atoms with Gasteiger partial charge >= 0.3 is 0 Å². The van der Waals surface area contributed by atoms with E-state index >= 15 is 0 Å². The summed E-state index contributed by atoms with van der Waals surface area (Å²) in [6, 6.07) is 0.590. The summed E-state index contributed by atoms with van der Waals surface area (Å²) in [5, 5.41) is 0. The number of hydrogen-bond donors (Lipinski definition) is 0. The molecule has 0 bridgehead atoms. The van der Waals surface area contributed by atoms with Crippen molar-refractivity contribution in [1.82, 2.24) is 4.90 Å². The average Bonchev–Trinajstić information content (AvgIpc) is 2.82. The smallest absolute Gasteiger partial charge is 0.137 e. The van der Waals surface area contributed by atoms with E-state index < -0.39 is 0 Å². The molecule has 2 unspecified atom stereocenters. The largest absolute Gasteiger partial charge is 0.299 e. The Labute approximate surface area is 96.8 Å². The van der Waals surface area contributed by atoms with Gasteiger partial charge in [0.25, 0.3) is 0 Å². The molecule has 1 heterocycles. The molecule has 0 amide bonds. The molecule has 86 valence electrons. The van der Waals surface area contributed by atoms with E-state index in [1.54, 1.807) is 0 Å². The van der Waals surface area contributed by atoms with Crippen LogP contribution in [-0.4, -0.2) is 41.8 Å². The molecule has 2 nitrogen and oxygen atoms in total. The highest BCUT2D eigenvalue weighted by Crippen LogP contribution is 2.33. The molecule has 1 saturated heterocycles. The molecule has 3 heteroatoms. The quantitative estimate of drug-likeness (QED) is 0.734. The van der Waals surface area contributed by atoms with E-state index in [4.69, 9.17) is 0 Å². The van der Waals surface area contributed by atoms with E-state index in [9.17, 15) is 4.79 Å². The number of nitrogens with zero attached hydrogens (tertiary/aromatic N) is 1. The predicted molar refractivity (Wildman–Crippen MR) is 65.3 cm³/mol. The maximum absolute atomic E-state index is 11.7. The van der Waals surface area contributed by atoms with E-state index in [1.807, 2.05) is 11.8 Å². The molecule has 0 radical (unpaired) electrons. The van der Waals surface area contributed by atoms with Crippen LogP contribution in [0.5, 0.6) is 0 Å². The molecule has 2 fully saturated rings. The van der Waals surface area contributed by atoms with Gasteiger partial charge in [-0.25, -0.2) is 0 Å². The van der Waals surface area contributed by atoms with Crippen molar-refractivity contribution in [3.8, 4) is 0 Å². The summed E-state index contributed by atoms with van der Waals surface area (Å²) in [4.78, 5) is 14.3. The summed E-state index contributed by atoms with van der Waals surface area (Å²) in [7, 11) is 0. The molecule has 1 aliphatic heterocycles. The van der Waals surface area contributed by atoms with Crippen molar-refractivity contribution in [3.05, 3.63) is 0 Å². The Morgan fingerprint density at radius 3 is 2.93 bits per heavy atom. The second kappa shape index (κ2) is 5.35. The molecular formula is C12H21NOS. The Balaban J connectivity index is 1.91. The number of likely N-dealkylation sites (tertiary alicyclic amines) is 1. The van der Waals surface area contributed by atoms with Crippen LogP contribution >= 0.6 is 11.8 Å². The summed E-state index contributed by atoms with van der Waals surface area (Å²) >= 11 is 1.91. The molecule has 2 atom stereocenters. The normalized spacial score (nSPS) is 32.7. The zero-order valence-corrected chi connectivity index (χ0v) is 10.4. The SMILES string of the molecule is CSCCN1CCCC1C1CCCC1=O. The standard InChI is InChI=1S/C12H21NOS/c1-15-9-8-13-7-3-5-11(13)10-4-2-6-12(10)14/h10-11H,2-9H2,1H3. The fourth-order valence-electron chi connectivity index (χ4n) is 3.04. The first-order chi connectivity index (χ1) is 7.33. The van der Waals surface area contributed by atoms with Crippen molar-refractivity contribution in [2.45, 2.75) is 38.1 Å². The van der Waals surface area contributed by atoms with Gasteiger partial charge in [0, 0.05) is 30.7 Å². The van der Waals surface area contributed by atoms with Crippen LogP contribution in [0.1, 0.15) is 32.1 Å². The average molecular weight is 227 g/mol. The number of thioether (sulfide) groups is 1. The third-order valence-electron chi connectivity index (χ3n) is 3.81. The van der Waals surface area contributed by atoms with Gasteiger partial charge in [0.15, 0.2) is 0 Å². The Kier molecular flexibility index (Phi) is 4.09. The van der Waals surface area contributed by atoms with Gasteiger partial charge in [-0.05, 0) is 38.5 Å². The maximum atomic E-state index is 11.7. The minimum Gasteiger partial charge on any atom is -0.299 e. The molecule has 1 aliphatic carbocycles. The number of carbonyl (C=O) groups excluding carboxylic acids is 1. The van der Waals surface area contributed by atoms with Gasteiger partial charge in [-0.3, -0.25) is 9.69 Å². The second-order valence-corrected chi connectivity index (χ2v) is 5.69. The molecule has 2 aliphatic rings. The Morgan fingerprint density at radius 1 is 1.40 bits per heavy atom. The molecular weight excluding hydrogens is 206 g/mol. The topological polar surface area (TPSA) is 20.3 Å². The zero-order chi connectivity index (χ0) is 10.7. The van der Waals surface area contributed by atoms with Gasteiger partial charge in [-0.1, -0.05) is 0 Å². The van der Waals surface area contributed by atoms with E-state index in [0.29, 0.717) is 17.7 Å². The minimum absolute atomic E-state index is 0.384. The van der Waals surface area contributed by atoms with Crippen molar-refractivity contribution >= 4 is 17.5 Å². The lowest BCUT2D eigenvalue weighted by atomic mass is 9.95. The van der Waals surface area contributed by atoms with E-state index in [-0.39, 0.29) is 0 Å². The lowest BCUT2D eigenvalue weighted by molar-refractivity contribution is -0.122. The predicted octanol–water partition coefficient (Wildman–Crippen LogP) is 2.18. The summed E-state index contributed by atoms with van der Waals surface area (Å²) in [5.41, 5.74) is 0. The van der Waals surface area contributed by atoms with Crippen molar-refractivity contribution in [1.29, 1.82) is 0 Å². The Bertz CT molecular complexity index is 232. The Morgan fingerprint density at radius 2 is 2.27 bits per heavy atom. The summed E-state index contributed by atoms with van der Waals surface area (Å²) in [6.45, 7) is 2.39. The number of Topliss-reactive ketones (excluding diaryl/α,β-unsaturated/α-hetero) is 1. The zero-order valence-electron chi connectivity index (χ0n) is 9.58. The van der Waals surface area contributed by atoms with E-state index in [2.05, 4.69) is 11.2 Å². The summed E-state index contributed by atoms with van der Waals surface area (Å²) < 4.78 is 0. The van der Waals surface area contributed by atoms with Crippen LogP contribution < -0.4 is 0 Å².